The van der Waals surface area contributed by atoms with E-state index in [2.05, 4.69) is 39.1 Å². The molecule has 0 aromatic heterocycles. The summed E-state index contributed by atoms with van der Waals surface area (Å²) in [5.74, 6) is 1.22. The van der Waals surface area contributed by atoms with Gasteiger partial charge in [0.05, 0.1) is 0 Å². The first-order chi connectivity index (χ1) is 9.54. The number of para-hydroxylation sites is 1. The van der Waals surface area contributed by atoms with Crippen LogP contribution in [-0.4, -0.2) is 19.2 Å². The molecule has 0 bridgehead atoms. The zero-order chi connectivity index (χ0) is 15.0. The first-order valence-electron chi connectivity index (χ1n) is 7.07. The summed E-state index contributed by atoms with van der Waals surface area (Å²) >= 11 is 0. The number of nitriles is 1. The quantitative estimate of drug-likeness (QED) is 0.824. The van der Waals surface area contributed by atoms with Crippen LogP contribution in [0.4, 0.5) is 0 Å². The van der Waals surface area contributed by atoms with E-state index in [1.54, 1.807) is 0 Å². The Labute approximate surface area is 122 Å². The van der Waals surface area contributed by atoms with Crippen molar-refractivity contribution >= 4 is 6.08 Å². The van der Waals surface area contributed by atoms with Crippen molar-refractivity contribution in [3.05, 3.63) is 35.4 Å². The van der Waals surface area contributed by atoms with Crippen molar-refractivity contribution in [2.75, 3.05) is 13.2 Å². The maximum absolute atomic E-state index is 8.63. The normalized spacial score (nSPS) is 11.8. The molecule has 0 saturated carbocycles. The van der Waals surface area contributed by atoms with Crippen LogP contribution in [0.25, 0.3) is 6.08 Å². The predicted octanol–water partition coefficient (Wildman–Crippen LogP) is 3.63. The molecular weight excluding hydrogens is 248 g/mol. The number of rotatable bonds is 7. The Morgan fingerprint density at radius 1 is 1.30 bits per heavy atom. The van der Waals surface area contributed by atoms with Crippen molar-refractivity contribution in [2.24, 2.45) is 5.92 Å². The molecule has 3 nitrogen and oxygen atoms in total. The minimum absolute atomic E-state index is 0.0755. The topological polar surface area (TPSA) is 45.0 Å². The Hall–Kier alpha value is -1.79. The van der Waals surface area contributed by atoms with Gasteiger partial charge >= 0.3 is 0 Å². The molecule has 0 aliphatic heterocycles. The van der Waals surface area contributed by atoms with Gasteiger partial charge in [-0.2, -0.15) is 5.26 Å². The highest BCUT2D eigenvalue weighted by Crippen LogP contribution is 2.23. The second-order valence-electron chi connectivity index (χ2n) is 5.39. The average Bonchev–Trinajstić information content (AvgIpc) is 2.41. The molecule has 0 saturated heterocycles. The molecule has 3 heteroatoms. The van der Waals surface area contributed by atoms with Crippen LogP contribution >= 0.6 is 0 Å². The second-order valence-corrected chi connectivity index (χ2v) is 5.39. The van der Waals surface area contributed by atoms with E-state index in [0.717, 1.165) is 17.9 Å². The summed E-state index contributed by atoms with van der Waals surface area (Å²) in [6.45, 7) is 9.59. The summed E-state index contributed by atoms with van der Waals surface area (Å²) in [6.07, 6.45) is 2.16. The van der Waals surface area contributed by atoms with Gasteiger partial charge in [-0.15, -0.1) is 0 Å². The molecule has 0 unspecified atom stereocenters. The molecule has 0 amide bonds. The lowest BCUT2D eigenvalue weighted by Crippen LogP contribution is -2.26. The van der Waals surface area contributed by atoms with E-state index < -0.39 is 0 Å². The first-order valence-corrected chi connectivity index (χ1v) is 7.07. The standard InChI is InChI=1S/C17H24N2O/c1-13(2)16(12-19-14(3)4)11-15-7-5-6-8-17(15)20-10-9-18/h5-8,11,13-14,19H,10,12H2,1-4H3. The van der Waals surface area contributed by atoms with E-state index in [1.165, 1.54) is 5.57 Å². The molecule has 0 fully saturated rings. The van der Waals surface area contributed by atoms with Crippen LogP contribution in [-0.2, 0) is 0 Å². The molecule has 0 spiro atoms. The van der Waals surface area contributed by atoms with Crippen molar-refractivity contribution in [2.45, 2.75) is 33.7 Å². The lowest BCUT2D eigenvalue weighted by Gasteiger charge is -2.16. The molecular formula is C17H24N2O. The van der Waals surface area contributed by atoms with Crippen LogP contribution in [0.15, 0.2) is 29.8 Å². The molecule has 20 heavy (non-hydrogen) atoms. The second kappa shape index (κ2) is 8.39. The lowest BCUT2D eigenvalue weighted by molar-refractivity contribution is 0.367. The van der Waals surface area contributed by atoms with Gasteiger partial charge in [0, 0.05) is 18.2 Å². The molecule has 1 rings (SSSR count). The van der Waals surface area contributed by atoms with Crippen molar-refractivity contribution in [3.8, 4) is 11.8 Å². The predicted molar refractivity (Wildman–Crippen MR) is 83.5 cm³/mol. The van der Waals surface area contributed by atoms with Crippen LogP contribution in [0.1, 0.15) is 33.3 Å². The van der Waals surface area contributed by atoms with Crippen LogP contribution in [0.5, 0.6) is 5.75 Å². The average molecular weight is 272 g/mol. The van der Waals surface area contributed by atoms with Crippen LogP contribution in [0.2, 0.25) is 0 Å². The van der Waals surface area contributed by atoms with Crippen molar-refractivity contribution < 1.29 is 4.74 Å². The van der Waals surface area contributed by atoms with Gasteiger partial charge in [-0.25, -0.2) is 0 Å². The Bertz CT molecular complexity index is 484. The van der Waals surface area contributed by atoms with E-state index in [0.29, 0.717) is 12.0 Å². The van der Waals surface area contributed by atoms with Gasteiger partial charge in [-0.3, -0.25) is 0 Å². The molecule has 0 heterocycles. The maximum atomic E-state index is 8.63. The van der Waals surface area contributed by atoms with Crippen LogP contribution < -0.4 is 10.1 Å². The minimum atomic E-state index is 0.0755. The summed E-state index contributed by atoms with van der Waals surface area (Å²) in [5.41, 5.74) is 2.35. The molecule has 0 aliphatic rings. The van der Waals surface area contributed by atoms with Crippen LogP contribution in [0, 0.1) is 17.2 Å². The zero-order valence-electron chi connectivity index (χ0n) is 12.8. The Morgan fingerprint density at radius 2 is 2.00 bits per heavy atom. The molecule has 1 N–H and O–H groups in total. The van der Waals surface area contributed by atoms with E-state index in [9.17, 15) is 0 Å². The highest BCUT2D eigenvalue weighted by Gasteiger charge is 2.07. The fourth-order valence-corrected chi connectivity index (χ4v) is 1.78. The van der Waals surface area contributed by atoms with Gasteiger partial charge in [0.1, 0.15) is 11.8 Å². The summed E-state index contributed by atoms with van der Waals surface area (Å²) in [6, 6.07) is 10.3. The molecule has 108 valence electrons. The number of ether oxygens (including phenoxy) is 1. The van der Waals surface area contributed by atoms with E-state index in [4.69, 9.17) is 10.00 Å². The Balaban J connectivity index is 2.95. The van der Waals surface area contributed by atoms with Gasteiger partial charge in [0.15, 0.2) is 6.61 Å². The van der Waals surface area contributed by atoms with Gasteiger partial charge < -0.3 is 10.1 Å². The fourth-order valence-electron chi connectivity index (χ4n) is 1.78. The summed E-state index contributed by atoms with van der Waals surface area (Å²) in [7, 11) is 0. The SMILES string of the molecule is CC(C)NCC(=Cc1ccccc1OCC#N)C(C)C. The van der Waals surface area contributed by atoms with E-state index in [-0.39, 0.29) is 6.61 Å². The largest absolute Gasteiger partial charge is 0.478 e. The number of hydrogen-bond donors (Lipinski definition) is 1. The molecule has 0 aliphatic carbocycles. The third-order valence-electron chi connectivity index (χ3n) is 3.01. The number of nitrogens with one attached hydrogen (secondary N) is 1. The Morgan fingerprint density at radius 3 is 2.60 bits per heavy atom. The third-order valence-corrected chi connectivity index (χ3v) is 3.01. The van der Waals surface area contributed by atoms with Crippen LogP contribution in [0.3, 0.4) is 0 Å². The van der Waals surface area contributed by atoms with Gasteiger partial charge in [-0.1, -0.05) is 57.5 Å². The fraction of sp³-hybridized carbons (Fsp3) is 0.471. The highest BCUT2D eigenvalue weighted by molar-refractivity contribution is 5.60. The van der Waals surface area contributed by atoms with Gasteiger partial charge in [0.25, 0.3) is 0 Å². The number of nitrogens with zero attached hydrogens (tertiary/aromatic N) is 1. The number of hydrogen-bond acceptors (Lipinski definition) is 3. The zero-order valence-corrected chi connectivity index (χ0v) is 12.8. The van der Waals surface area contributed by atoms with Gasteiger partial charge in [-0.05, 0) is 12.0 Å². The number of benzene rings is 1. The van der Waals surface area contributed by atoms with Crippen molar-refractivity contribution in [1.82, 2.24) is 5.32 Å². The van der Waals surface area contributed by atoms with Crippen molar-refractivity contribution in [1.29, 1.82) is 5.26 Å². The summed E-state index contributed by atoms with van der Waals surface area (Å²) in [4.78, 5) is 0. The third kappa shape index (κ3) is 5.46. The maximum Gasteiger partial charge on any atom is 0.174 e. The lowest BCUT2D eigenvalue weighted by atomic mass is 9.99. The molecule has 1 aromatic carbocycles. The molecule has 1 aromatic rings. The smallest absolute Gasteiger partial charge is 0.174 e. The first kappa shape index (κ1) is 16.3. The van der Waals surface area contributed by atoms with Crippen molar-refractivity contribution in [3.63, 3.8) is 0 Å². The van der Waals surface area contributed by atoms with E-state index >= 15 is 0 Å². The summed E-state index contributed by atoms with van der Waals surface area (Å²) in [5, 5.41) is 12.1. The monoisotopic (exact) mass is 272 g/mol. The Kier molecular flexibility index (Phi) is 6.83. The summed E-state index contributed by atoms with van der Waals surface area (Å²) < 4.78 is 5.47. The molecule has 0 atom stereocenters. The minimum Gasteiger partial charge on any atom is -0.478 e. The van der Waals surface area contributed by atoms with E-state index in [1.807, 2.05) is 30.3 Å². The van der Waals surface area contributed by atoms with Gasteiger partial charge in [0.2, 0.25) is 0 Å². The molecule has 0 radical (unpaired) electrons. The highest BCUT2D eigenvalue weighted by atomic mass is 16.5.